The van der Waals surface area contributed by atoms with E-state index >= 15 is 0 Å². The van der Waals surface area contributed by atoms with Gasteiger partial charge in [-0.3, -0.25) is 0 Å². The van der Waals surface area contributed by atoms with Crippen LogP contribution >= 0.6 is 0 Å². The van der Waals surface area contributed by atoms with Crippen molar-refractivity contribution < 1.29 is 0 Å². The minimum absolute atomic E-state index is 0.413. The second-order valence-corrected chi connectivity index (χ2v) is 5.14. The summed E-state index contributed by atoms with van der Waals surface area (Å²) in [5.41, 5.74) is 11.2. The van der Waals surface area contributed by atoms with E-state index < -0.39 is 0 Å². The molecule has 0 aliphatic heterocycles. The molecule has 19 heavy (non-hydrogen) atoms. The Morgan fingerprint density at radius 2 is 1.42 bits per heavy atom. The van der Waals surface area contributed by atoms with Crippen molar-refractivity contribution in [1.82, 2.24) is 0 Å². The molecule has 0 aliphatic carbocycles. The molecule has 0 saturated carbocycles. The zero-order chi connectivity index (χ0) is 13.7. The fourth-order valence-electron chi connectivity index (χ4n) is 2.48. The Hall–Kier alpha value is -1.60. The molecule has 1 atom stereocenters. The topological polar surface area (TPSA) is 26.0 Å². The summed E-state index contributed by atoms with van der Waals surface area (Å²) in [6.45, 7) is 5.03. The third kappa shape index (κ3) is 3.45. The minimum atomic E-state index is 0.413. The van der Waals surface area contributed by atoms with E-state index in [1.807, 2.05) is 0 Å². The van der Waals surface area contributed by atoms with Gasteiger partial charge >= 0.3 is 0 Å². The summed E-state index contributed by atoms with van der Waals surface area (Å²) in [6.07, 6.45) is 2.08. The Balaban J connectivity index is 2.30. The lowest BCUT2D eigenvalue weighted by Gasteiger charge is -2.18. The van der Waals surface area contributed by atoms with Gasteiger partial charge in [0, 0.05) is 5.92 Å². The van der Waals surface area contributed by atoms with Gasteiger partial charge in [-0.1, -0.05) is 61.0 Å². The maximum absolute atomic E-state index is 5.79. The van der Waals surface area contributed by atoms with Crippen molar-refractivity contribution in [1.29, 1.82) is 0 Å². The van der Waals surface area contributed by atoms with Crippen LogP contribution in [0.2, 0.25) is 0 Å². The first-order valence-corrected chi connectivity index (χ1v) is 7.10. The van der Waals surface area contributed by atoms with E-state index in [0.717, 1.165) is 12.8 Å². The van der Waals surface area contributed by atoms with Gasteiger partial charge < -0.3 is 5.73 Å². The lowest BCUT2D eigenvalue weighted by Crippen LogP contribution is -2.09. The molecule has 0 radical (unpaired) electrons. The SMILES string of the molecule is CCc1ccc(C(CCN)c2ccc(C)cc2)cc1. The highest BCUT2D eigenvalue weighted by molar-refractivity contribution is 5.35. The van der Waals surface area contributed by atoms with Crippen LogP contribution in [0.3, 0.4) is 0 Å². The third-order valence-electron chi connectivity index (χ3n) is 3.73. The highest BCUT2D eigenvalue weighted by Crippen LogP contribution is 2.28. The summed E-state index contributed by atoms with van der Waals surface area (Å²) in [4.78, 5) is 0. The minimum Gasteiger partial charge on any atom is -0.330 e. The van der Waals surface area contributed by atoms with Crippen LogP contribution in [0.4, 0.5) is 0 Å². The quantitative estimate of drug-likeness (QED) is 0.855. The Morgan fingerprint density at radius 1 is 0.895 bits per heavy atom. The van der Waals surface area contributed by atoms with E-state index in [9.17, 15) is 0 Å². The Kier molecular flexibility index (Phi) is 4.75. The van der Waals surface area contributed by atoms with Crippen LogP contribution in [-0.4, -0.2) is 6.54 Å². The van der Waals surface area contributed by atoms with Crippen molar-refractivity contribution >= 4 is 0 Å². The van der Waals surface area contributed by atoms with Crippen LogP contribution in [0.5, 0.6) is 0 Å². The fourth-order valence-corrected chi connectivity index (χ4v) is 2.48. The lowest BCUT2D eigenvalue weighted by molar-refractivity contribution is 0.725. The summed E-state index contributed by atoms with van der Waals surface area (Å²) in [6, 6.07) is 17.8. The summed E-state index contributed by atoms with van der Waals surface area (Å²) >= 11 is 0. The zero-order valence-electron chi connectivity index (χ0n) is 11.9. The molecule has 0 aromatic heterocycles. The predicted molar refractivity (Wildman–Crippen MR) is 82.5 cm³/mol. The number of aryl methyl sites for hydroxylation is 2. The van der Waals surface area contributed by atoms with Crippen molar-refractivity contribution in [2.45, 2.75) is 32.6 Å². The molecule has 0 spiro atoms. The van der Waals surface area contributed by atoms with Gasteiger partial charge in [0.2, 0.25) is 0 Å². The molecule has 0 amide bonds. The number of hydrogen-bond acceptors (Lipinski definition) is 1. The van der Waals surface area contributed by atoms with Crippen molar-refractivity contribution in [3.05, 3.63) is 70.8 Å². The first kappa shape index (κ1) is 13.8. The zero-order valence-corrected chi connectivity index (χ0v) is 11.9. The van der Waals surface area contributed by atoms with Crippen LogP contribution in [0, 0.1) is 6.92 Å². The smallest absolute Gasteiger partial charge is 0.0101 e. The highest BCUT2D eigenvalue weighted by atomic mass is 14.5. The molecule has 0 heterocycles. The monoisotopic (exact) mass is 253 g/mol. The van der Waals surface area contributed by atoms with Gasteiger partial charge in [0.25, 0.3) is 0 Å². The second-order valence-electron chi connectivity index (χ2n) is 5.14. The Morgan fingerprint density at radius 3 is 1.89 bits per heavy atom. The standard InChI is InChI=1S/C18H23N/c1-3-15-6-10-17(11-7-15)18(12-13-19)16-8-4-14(2)5-9-16/h4-11,18H,3,12-13,19H2,1-2H3. The van der Waals surface area contributed by atoms with Gasteiger partial charge in [-0.15, -0.1) is 0 Å². The van der Waals surface area contributed by atoms with Gasteiger partial charge in [-0.2, -0.15) is 0 Å². The first-order chi connectivity index (χ1) is 9.24. The van der Waals surface area contributed by atoms with Crippen molar-refractivity contribution in [2.75, 3.05) is 6.54 Å². The molecule has 1 heteroatoms. The maximum atomic E-state index is 5.79. The van der Waals surface area contributed by atoms with E-state index in [1.54, 1.807) is 0 Å². The number of rotatable bonds is 5. The largest absolute Gasteiger partial charge is 0.330 e. The van der Waals surface area contributed by atoms with Crippen LogP contribution in [0.1, 0.15) is 41.5 Å². The van der Waals surface area contributed by atoms with Crippen LogP contribution in [0.15, 0.2) is 48.5 Å². The number of benzene rings is 2. The normalized spacial score (nSPS) is 12.4. The van der Waals surface area contributed by atoms with Gasteiger partial charge in [-0.25, -0.2) is 0 Å². The predicted octanol–water partition coefficient (Wildman–Crippen LogP) is 4.04. The molecule has 1 unspecified atom stereocenters. The van der Waals surface area contributed by atoms with Crippen LogP contribution in [0.25, 0.3) is 0 Å². The van der Waals surface area contributed by atoms with E-state index in [2.05, 4.69) is 62.4 Å². The van der Waals surface area contributed by atoms with Crippen molar-refractivity contribution in [3.63, 3.8) is 0 Å². The molecule has 2 rings (SSSR count). The number of nitrogens with two attached hydrogens (primary N) is 1. The summed E-state index contributed by atoms with van der Waals surface area (Å²) in [5, 5.41) is 0. The average molecular weight is 253 g/mol. The number of hydrogen-bond donors (Lipinski definition) is 1. The molecule has 0 aliphatic rings. The van der Waals surface area contributed by atoms with E-state index in [4.69, 9.17) is 5.73 Å². The first-order valence-electron chi connectivity index (χ1n) is 7.10. The molecule has 2 aromatic carbocycles. The fraction of sp³-hybridized carbons (Fsp3) is 0.333. The lowest BCUT2D eigenvalue weighted by atomic mass is 9.87. The van der Waals surface area contributed by atoms with Gasteiger partial charge in [0.15, 0.2) is 0 Å². The molecule has 0 saturated heterocycles. The maximum Gasteiger partial charge on any atom is 0.0101 e. The molecule has 1 nitrogen and oxygen atoms in total. The molecule has 2 aromatic rings. The van der Waals surface area contributed by atoms with Gasteiger partial charge in [0.05, 0.1) is 0 Å². The van der Waals surface area contributed by atoms with Crippen LogP contribution in [-0.2, 0) is 6.42 Å². The van der Waals surface area contributed by atoms with Gasteiger partial charge in [-0.05, 0) is 43.0 Å². The molecular formula is C18H23N. The Labute approximate surface area is 116 Å². The van der Waals surface area contributed by atoms with Crippen LogP contribution < -0.4 is 5.73 Å². The molecule has 0 fully saturated rings. The summed E-state index contributed by atoms with van der Waals surface area (Å²) < 4.78 is 0. The van der Waals surface area contributed by atoms with Gasteiger partial charge in [0.1, 0.15) is 0 Å². The second kappa shape index (κ2) is 6.53. The van der Waals surface area contributed by atoms with E-state index in [0.29, 0.717) is 12.5 Å². The molecule has 2 N–H and O–H groups in total. The third-order valence-corrected chi connectivity index (χ3v) is 3.73. The summed E-state index contributed by atoms with van der Waals surface area (Å²) in [7, 11) is 0. The summed E-state index contributed by atoms with van der Waals surface area (Å²) in [5.74, 6) is 0.413. The molecule has 100 valence electrons. The van der Waals surface area contributed by atoms with Crippen molar-refractivity contribution in [3.8, 4) is 0 Å². The van der Waals surface area contributed by atoms with Crippen molar-refractivity contribution in [2.24, 2.45) is 5.73 Å². The molecule has 0 bridgehead atoms. The van der Waals surface area contributed by atoms with E-state index in [1.165, 1.54) is 22.3 Å². The van der Waals surface area contributed by atoms with E-state index in [-0.39, 0.29) is 0 Å². The average Bonchev–Trinajstić information content (AvgIpc) is 2.46. The molecular weight excluding hydrogens is 230 g/mol. The Bertz CT molecular complexity index is 496. The highest BCUT2D eigenvalue weighted by Gasteiger charge is 2.13.